The first-order valence-electron chi connectivity index (χ1n) is 8.84. The Morgan fingerprint density at radius 1 is 0.966 bits per heavy atom. The molecule has 29 heavy (non-hydrogen) atoms. The predicted molar refractivity (Wildman–Crippen MR) is 106 cm³/mol. The zero-order chi connectivity index (χ0) is 22.7. The first-order chi connectivity index (χ1) is 13.4. The average molecular weight is 436 g/mol. The van der Waals surface area contributed by atoms with Crippen molar-refractivity contribution >= 4 is 42.2 Å². The first-order valence-corrected chi connectivity index (χ1v) is 9.47. The minimum atomic E-state index is -1.32. The van der Waals surface area contributed by atoms with Crippen molar-refractivity contribution in [2.75, 3.05) is 12.4 Å². The van der Waals surface area contributed by atoms with Crippen molar-refractivity contribution in [2.24, 2.45) is 17.4 Å². The van der Waals surface area contributed by atoms with Gasteiger partial charge in [-0.15, -0.1) is 0 Å². The second-order valence-corrected chi connectivity index (χ2v) is 7.03. The summed E-state index contributed by atoms with van der Waals surface area (Å²) in [6, 6.07) is -4.91. The predicted octanol–water partition coefficient (Wildman–Crippen LogP) is -3.30. The third-order valence-electron chi connectivity index (χ3n) is 3.89. The van der Waals surface area contributed by atoms with Crippen molar-refractivity contribution in [2.45, 2.75) is 50.9 Å². The number of aliphatic hydroxyl groups is 1. The van der Waals surface area contributed by atoms with Gasteiger partial charge >= 0.3 is 5.97 Å². The van der Waals surface area contributed by atoms with Crippen molar-refractivity contribution in [3.05, 3.63) is 0 Å². The quantitative estimate of drug-likeness (QED) is 0.137. The summed E-state index contributed by atoms with van der Waals surface area (Å²) in [5.41, 5.74) is 10.5. The SMILES string of the molecule is CC(C)C(NC(=O)C(N)CO)C(=O)NC(CCC(N)=O)C(=O)NC(CS)C(=O)O. The molecule has 0 fully saturated rings. The molecule has 0 saturated heterocycles. The molecule has 0 aromatic rings. The summed E-state index contributed by atoms with van der Waals surface area (Å²) in [4.78, 5) is 59.1. The number of carbonyl (C=O) groups excluding carboxylic acids is 4. The molecule has 0 aliphatic carbocycles. The number of carboxylic acid groups (broad SMARTS) is 1. The van der Waals surface area contributed by atoms with E-state index < -0.39 is 66.3 Å². The maximum Gasteiger partial charge on any atom is 0.327 e. The van der Waals surface area contributed by atoms with Crippen LogP contribution in [0.2, 0.25) is 0 Å². The highest BCUT2D eigenvalue weighted by molar-refractivity contribution is 7.80. The third-order valence-corrected chi connectivity index (χ3v) is 4.26. The number of primary amides is 1. The fourth-order valence-electron chi connectivity index (χ4n) is 2.15. The lowest BCUT2D eigenvalue weighted by Gasteiger charge is -2.26. The Bertz CT molecular complexity index is 616. The van der Waals surface area contributed by atoms with E-state index in [1.54, 1.807) is 13.8 Å². The van der Waals surface area contributed by atoms with E-state index in [4.69, 9.17) is 21.7 Å². The first kappa shape index (κ1) is 26.6. The van der Waals surface area contributed by atoms with E-state index in [-0.39, 0.29) is 18.6 Å². The molecule has 0 aliphatic rings. The number of carboxylic acids is 1. The van der Waals surface area contributed by atoms with Crippen LogP contribution < -0.4 is 27.4 Å². The van der Waals surface area contributed by atoms with Crippen LogP contribution in [0.25, 0.3) is 0 Å². The van der Waals surface area contributed by atoms with Gasteiger partial charge in [0.05, 0.1) is 6.61 Å². The molecule has 4 unspecified atom stereocenters. The number of rotatable bonds is 13. The monoisotopic (exact) mass is 435 g/mol. The van der Waals surface area contributed by atoms with Gasteiger partial charge in [-0.1, -0.05) is 13.8 Å². The molecule has 4 atom stereocenters. The fourth-order valence-corrected chi connectivity index (χ4v) is 2.40. The van der Waals surface area contributed by atoms with Crippen LogP contribution in [-0.2, 0) is 24.0 Å². The van der Waals surface area contributed by atoms with Gasteiger partial charge in [0.25, 0.3) is 0 Å². The summed E-state index contributed by atoms with van der Waals surface area (Å²) < 4.78 is 0. The highest BCUT2D eigenvalue weighted by Crippen LogP contribution is 2.06. The molecular formula is C16H29N5O7S. The second-order valence-electron chi connectivity index (χ2n) is 6.67. The van der Waals surface area contributed by atoms with Gasteiger partial charge in [0.1, 0.15) is 24.2 Å². The van der Waals surface area contributed by atoms with Crippen LogP contribution in [-0.4, -0.2) is 76.3 Å². The summed E-state index contributed by atoms with van der Waals surface area (Å²) in [6.07, 6.45) is -0.425. The largest absolute Gasteiger partial charge is 0.480 e. The third kappa shape index (κ3) is 9.58. The molecule has 0 rings (SSSR count). The highest BCUT2D eigenvalue weighted by Gasteiger charge is 2.31. The number of aliphatic carboxylic acids is 1. The van der Waals surface area contributed by atoms with Gasteiger partial charge in [0.15, 0.2) is 0 Å². The maximum atomic E-state index is 12.6. The van der Waals surface area contributed by atoms with Gasteiger partial charge in [-0.25, -0.2) is 4.79 Å². The van der Waals surface area contributed by atoms with Crippen LogP contribution in [0.4, 0.5) is 0 Å². The van der Waals surface area contributed by atoms with Gasteiger partial charge in [-0.3, -0.25) is 19.2 Å². The number of hydrogen-bond acceptors (Lipinski definition) is 8. The lowest BCUT2D eigenvalue weighted by Crippen LogP contribution is -2.59. The number of carbonyl (C=O) groups is 5. The number of thiol groups is 1. The van der Waals surface area contributed by atoms with Crippen molar-refractivity contribution in [1.82, 2.24) is 16.0 Å². The topological polar surface area (TPSA) is 214 Å². The van der Waals surface area contributed by atoms with E-state index >= 15 is 0 Å². The summed E-state index contributed by atoms with van der Waals surface area (Å²) in [7, 11) is 0. The maximum absolute atomic E-state index is 12.6. The Labute approximate surface area is 173 Å². The average Bonchev–Trinajstić information content (AvgIpc) is 2.65. The Morgan fingerprint density at radius 2 is 1.52 bits per heavy atom. The Morgan fingerprint density at radius 3 is 1.93 bits per heavy atom. The van der Waals surface area contributed by atoms with Crippen LogP contribution in [0.15, 0.2) is 0 Å². The van der Waals surface area contributed by atoms with Crippen LogP contribution in [0, 0.1) is 5.92 Å². The molecular weight excluding hydrogens is 406 g/mol. The Hall–Kier alpha value is -2.38. The van der Waals surface area contributed by atoms with E-state index in [1.807, 2.05) is 0 Å². The Balaban J connectivity index is 5.37. The molecule has 0 heterocycles. The highest BCUT2D eigenvalue weighted by atomic mass is 32.1. The summed E-state index contributed by atoms with van der Waals surface area (Å²) in [6.45, 7) is 2.64. The smallest absolute Gasteiger partial charge is 0.327 e. The lowest BCUT2D eigenvalue weighted by atomic mass is 10.0. The number of aliphatic hydroxyl groups excluding tert-OH is 1. The normalized spacial score (nSPS) is 15.0. The molecule has 0 aromatic carbocycles. The molecule has 166 valence electrons. The van der Waals surface area contributed by atoms with Crippen molar-refractivity contribution in [1.29, 1.82) is 0 Å². The molecule has 0 bridgehead atoms. The van der Waals surface area contributed by atoms with Gasteiger partial charge in [-0.05, 0) is 12.3 Å². The van der Waals surface area contributed by atoms with Gasteiger partial charge in [-0.2, -0.15) is 12.6 Å². The summed E-state index contributed by atoms with van der Waals surface area (Å²) in [5.74, 6) is -5.00. The van der Waals surface area contributed by atoms with E-state index in [0.29, 0.717) is 0 Å². The molecule has 0 saturated carbocycles. The van der Waals surface area contributed by atoms with Gasteiger partial charge in [0, 0.05) is 12.2 Å². The molecule has 9 N–H and O–H groups in total. The zero-order valence-corrected chi connectivity index (χ0v) is 17.1. The van der Waals surface area contributed by atoms with Crippen molar-refractivity contribution in [3.63, 3.8) is 0 Å². The summed E-state index contributed by atoms with van der Waals surface area (Å²) in [5, 5.41) is 25.0. The van der Waals surface area contributed by atoms with Crippen molar-refractivity contribution < 1.29 is 34.2 Å². The molecule has 0 spiro atoms. The summed E-state index contributed by atoms with van der Waals surface area (Å²) >= 11 is 3.84. The molecule has 0 radical (unpaired) electrons. The number of nitrogens with one attached hydrogen (secondary N) is 3. The molecule has 0 aromatic heterocycles. The second kappa shape index (κ2) is 13.0. The van der Waals surface area contributed by atoms with Crippen molar-refractivity contribution in [3.8, 4) is 0 Å². The molecule has 13 heteroatoms. The standard InChI is InChI=1S/C16H29N5O7S/c1-7(2)12(21-13(24)8(17)5-22)15(26)19-9(3-4-11(18)23)14(25)20-10(6-29)16(27)28/h7-10,12,22,29H,3-6,17H2,1-2H3,(H2,18,23)(H,19,26)(H,20,25)(H,21,24)(H,27,28). The minimum absolute atomic E-state index is 0.180. The van der Waals surface area contributed by atoms with Crippen LogP contribution in [0.1, 0.15) is 26.7 Å². The molecule has 0 aliphatic heterocycles. The number of amides is 4. The molecule has 4 amide bonds. The van der Waals surface area contributed by atoms with Crippen LogP contribution in [0.5, 0.6) is 0 Å². The number of hydrogen-bond donors (Lipinski definition) is 8. The van der Waals surface area contributed by atoms with E-state index in [1.165, 1.54) is 0 Å². The van der Waals surface area contributed by atoms with Crippen LogP contribution >= 0.6 is 12.6 Å². The van der Waals surface area contributed by atoms with E-state index in [2.05, 4.69) is 28.6 Å². The molecule has 12 nitrogen and oxygen atoms in total. The minimum Gasteiger partial charge on any atom is -0.480 e. The zero-order valence-electron chi connectivity index (χ0n) is 16.3. The number of nitrogens with two attached hydrogens (primary N) is 2. The van der Waals surface area contributed by atoms with Gasteiger partial charge in [0.2, 0.25) is 23.6 Å². The van der Waals surface area contributed by atoms with E-state index in [0.717, 1.165) is 0 Å². The van der Waals surface area contributed by atoms with E-state index in [9.17, 15) is 24.0 Å². The van der Waals surface area contributed by atoms with Crippen LogP contribution in [0.3, 0.4) is 0 Å². The fraction of sp³-hybridized carbons (Fsp3) is 0.688. The lowest BCUT2D eigenvalue weighted by molar-refractivity contribution is -0.141. The van der Waals surface area contributed by atoms with Gasteiger partial charge < -0.3 is 37.6 Å². The Kier molecular flexibility index (Phi) is 11.9.